The monoisotopic (exact) mass is 338 g/mol. The molecule has 0 N–H and O–H groups in total. The van der Waals surface area contributed by atoms with Crippen molar-refractivity contribution in [1.82, 2.24) is 0 Å². The van der Waals surface area contributed by atoms with Crippen molar-refractivity contribution in [3.63, 3.8) is 0 Å². The predicted molar refractivity (Wildman–Crippen MR) is 104 cm³/mol. The van der Waals surface area contributed by atoms with Crippen LogP contribution in [0.3, 0.4) is 0 Å². The van der Waals surface area contributed by atoms with Crippen LogP contribution >= 0.6 is 0 Å². The van der Waals surface area contributed by atoms with Gasteiger partial charge in [0.15, 0.2) is 11.5 Å². The maximum Gasteiger partial charge on any atom is 0.161 e. The number of hydrogen-bond acceptors (Lipinski definition) is 4. The summed E-state index contributed by atoms with van der Waals surface area (Å²) in [7, 11) is 1.65. The maximum atomic E-state index is 5.54. The first kappa shape index (κ1) is 17.3. The minimum absolute atomic E-state index is 0.618. The average molecular weight is 338 g/mol. The van der Waals surface area contributed by atoms with Crippen LogP contribution < -0.4 is 14.4 Å². The van der Waals surface area contributed by atoms with E-state index in [-0.39, 0.29) is 0 Å². The zero-order valence-electron chi connectivity index (χ0n) is 15.1. The Balaban J connectivity index is 1.69. The lowest BCUT2D eigenvalue weighted by atomic mass is 10.1. The number of aliphatic imine (C=N–C) groups is 1. The largest absolute Gasteiger partial charge is 0.493 e. The summed E-state index contributed by atoms with van der Waals surface area (Å²) in [4.78, 5) is 7.03. The fourth-order valence-electron chi connectivity index (χ4n) is 3.09. The average Bonchev–Trinajstić information content (AvgIpc) is 2.68. The van der Waals surface area contributed by atoms with Gasteiger partial charge in [-0.3, -0.25) is 4.99 Å². The van der Waals surface area contributed by atoms with Crippen molar-refractivity contribution in [3.05, 3.63) is 48.0 Å². The van der Waals surface area contributed by atoms with Gasteiger partial charge in [-0.2, -0.15) is 0 Å². The Morgan fingerprint density at radius 2 is 1.76 bits per heavy atom. The van der Waals surface area contributed by atoms with Crippen LogP contribution in [0.4, 0.5) is 11.4 Å². The first-order chi connectivity index (χ1) is 12.3. The van der Waals surface area contributed by atoms with Gasteiger partial charge in [-0.05, 0) is 74.2 Å². The van der Waals surface area contributed by atoms with Crippen LogP contribution in [0.25, 0.3) is 0 Å². The van der Waals surface area contributed by atoms with E-state index in [9.17, 15) is 0 Å². The second-order valence-electron chi connectivity index (χ2n) is 6.17. The van der Waals surface area contributed by atoms with E-state index in [2.05, 4.69) is 34.2 Å². The fraction of sp³-hybridized carbons (Fsp3) is 0.381. The third kappa shape index (κ3) is 4.53. The van der Waals surface area contributed by atoms with Gasteiger partial charge >= 0.3 is 0 Å². The molecule has 1 aliphatic heterocycles. The lowest BCUT2D eigenvalue weighted by Crippen LogP contribution is -2.29. The molecule has 0 aromatic heterocycles. The molecule has 0 bridgehead atoms. The van der Waals surface area contributed by atoms with Crippen molar-refractivity contribution in [1.29, 1.82) is 0 Å². The smallest absolute Gasteiger partial charge is 0.161 e. The lowest BCUT2D eigenvalue weighted by molar-refractivity contribution is 0.311. The summed E-state index contributed by atoms with van der Waals surface area (Å²) < 4.78 is 10.9. The number of piperidine rings is 1. The van der Waals surface area contributed by atoms with Gasteiger partial charge in [0.1, 0.15) is 0 Å². The van der Waals surface area contributed by atoms with Crippen molar-refractivity contribution in [2.24, 2.45) is 4.99 Å². The Kier molecular flexibility index (Phi) is 5.94. The zero-order chi connectivity index (χ0) is 17.5. The molecular formula is C21H26N2O2. The highest BCUT2D eigenvalue weighted by atomic mass is 16.5. The minimum Gasteiger partial charge on any atom is -0.493 e. The van der Waals surface area contributed by atoms with Gasteiger partial charge in [0, 0.05) is 25.0 Å². The Morgan fingerprint density at radius 1 is 1.00 bits per heavy atom. The highest BCUT2D eigenvalue weighted by molar-refractivity contribution is 5.83. The van der Waals surface area contributed by atoms with Crippen LogP contribution in [0.1, 0.15) is 31.7 Å². The van der Waals surface area contributed by atoms with Crippen LogP contribution in [0.2, 0.25) is 0 Å². The summed E-state index contributed by atoms with van der Waals surface area (Å²) in [5.74, 6) is 1.49. The van der Waals surface area contributed by atoms with Crippen molar-refractivity contribution < 1.29 is 9.47 Å². The second-order valence-corrected chi connectivity index (χ2v) is 6.17. The van der Waals surface area contributed by atoms with Gasteiger partial charge in [-0.15, -0.1) is 0 Å². The van der Waals surface area contributed by atoms with Crippen LogP contribution in [0, 0.1) is 0 Å². The first-order valence-electron chi connectivity index (χ1n) is 9.00. The number of anilines is 1. The lowest BCUT2D eigenvalue weighted by Gasteiger charge is -2.28. The molecule has 3 rings (SSSR count). The topological polar surface area (TPSA) is 34.1 Å². The van der Waals surface area contributed by atoms with E-state index in [0.717, 1.165) is 35.8 Å². The van der Waals surface area contributed by atoms with E-state index in [4.69, 9.17) is 9.47 Å². The number of ether oxygens (including phenoxy) is 2. The normalized spacial score (nSPS) is 14.7. The highest BCUT2D eigenvalue weighted by Gasteiger charge is 2.10. The van der Waals surface area contributed by atoms with Gasteiger partial charge in [0.2, 0.25) is 0 Å². The van der Waals surface area contributed by atoms with Crippen LogP contribution in [0.5, 0.6) is 11.5 Å². The molecule has 2 aromatic carbocycles. The molecule has 132 valence electrons. The molecule has 0 unspecified atom stereocenters. The SMILES string of the molecule is CCOc1ccc(C=Nc2ccc(N3CCCCC3)cc2)cc1OC. The molecule has 1 fully saturated rings. The molecule has 0 spiro atoms. The molecular weight excluding hydrogens is 312 g/mol. The molecule has 4 heteroatoms. The fourth-order valence-corrected chi connectivity index (χ4v) is 3.09. The Labute approximate surface area is 150 Å². The molecule has 1 saturated heterocycles. The Bertz CT molecular complexity index is 704. The number of benzene rings is 2. The summed E-state index contributed by atoms with van der Waals surface area (Å²) in [6.07, 6.45) is 5.79. The predicted octanol–water partition coefficient (Wildman–Crippen LogP) is 4.83. The summed E-state index contributed by atoms with van der Waals surface area (Å²) in [5.41, 5.74) is 3.23. The van der Waals surface area contributed by atoms with E-state index in [0.29, 0.717) is 6.61 Å². The zero-order valence-corrected chi connectivity index (χ0v) is 15.1. The molecule has 2 aromatic rings. The van der Waals surface area contributed by atoms with Crippen molar-refractivity contribution >= 4 is 17.6 Å². The maximum absolute atomic E-state index is 5.54. The van der Waals surface area contributed by atoms with Gasteiger partial charge in [-0.25, -0.2) is 0 Å². The van der Waals surface area contributed by atoms with Gasteiger partial charge in [0.05, 0.1) is 19.4 Å². The number of nitrogens with zero attached hydrogens (tertiary/aromatic N) is 2. The summed E-state index contributed by atoms with van der Waals surface area (Å²) in [6, 6.07) is 14.3. The highest BCUT2D eigenvalue weighted by Crippen LogP contribution is 2.28. The summed E-state index contributed by atoms with van der Waals surface area (Å²) >= 11 is 0. The Morgan fingerprint density at radius 3 is 2.44 bits per heavy atom. The molecule has 4 nitrogen and oxygen atoms in total. The Hall–Kier alpha value is -2.49. The van der Waals surface area contributed by atoms with E-state index in [1.54, 1.807) is 7.11 Å². The first-order valence-corrected chi connectivity index (χ1v) is 9.00. The standard InChI is InChI=1S/C21H26N2O2/c1-3-25-20-12-7-17(15-21(20)24-2)16-22-18-8-10-19(11-9-18)23-13-5-4-6-14-23/h7-12,15-16H,3-6,13-14H2,1-2H3. The number of hydrogen-bond donors (Lipinski definition) is 0. The van der Waals surface area contributed by atoms with Crippen molar-refractivity contribution in [2.45, 2.75) is 26.2 Å². The summed E-state index contributed by atoms with van der Waals surface area (Å²) in [6.45, 7) is 4.90. The van der Waals surface area contributed by atoms with E-state index in [1.165, 1.54) is 24.9 Å². The molecule has 1 aliphatic rings. The minimum atomic E-state index is 0.618. The van der Waals surface area contributed by atoms with Gasteiger partial charge in [-0.1, -0.05) is 0 Å². The van der Waals surface area contributed by atoms with E-state index >= 15 is 0 Å². The van der Waals surface area contributed by atoms with E-state index < -0.39 is 0 Å². The number of methoxy groups -OCH3 is 1. The van der Waals surface area contributed by atoms with E-state index in [1.807, 2.05) is 31.3 Å². The summed E-state index contributed by atoms with van der Waals surface area (Å²) in [5, 5.41) is 0. The van der Waals surface area contributed by atoms with Crippen molar-refractivity contribution in [3.8, 4) is 11.5 Å². The van der Waals surface area contributed by atoms with Gasteiger partial charge in [0.25, 0.3) is 0 Å². The molecule has 1 heterocycles. The van der Waals surface area contributed by atoms with Crippen LogP contribution in [-0.4, -0.2) is 33.0 Å². The molecule has 0 aliphatic carbocycles. The quantitative estimate of drug-likeness (QED) is 0.707. The molecule has 0 saturated carbocycles. The third-order valence-electron chi connectivity index (χ3n) is 4.42. The van der Waals surface area contributed by atoms with Crippen LogP contribution in [-0.2, 0) is 0 Å². The molecule has 0 radical (unpaired) electrons. The molecule has 25 heavy (non-hydrogen) atoms. The third-order valence-corrected chi connectivity index (χ3v) is 4.42. The second kappa shape index (κ2) is 8.56. The van der Waals surface area contributed by atoms with Crippen molar-refractivity contribution in [2.75, 3.05) is 31.7 Å². The van der Waals surface area contributed by atoms with Gasteiger partial charge < -0.3 is 14.4 Å². The number of rotatable bonds is 6. The van der Waals surface area contributed by atoms with Crippen LogP contribution in [0.15, 0.2) is 47.5 Å². The molecule has 0 amide bonds. The molecule has 0 atom stereocenters.